The zero-order valence-corrected chi connectivity index (χ0v) is 20.0. The lowest BCUT2D eigenvalue weighted by atomic mass is 9.94. The molecule has 1 atom stereocenters. The molecular weight excluding hydrogens is 438 g/mol. The average molecular weight is 468 g/mol. The molecule has 1 amide bonds. The summed E-state index contributed by atoms with van der Waals surface area (Å²) in [5.74, 6) is 0.658. The van der Waals surface area contributed by atoms with Crippen LogP contribution < -0.4 is 20.9 Å². The van der Waals surface area contributed by atoms with E-state index in [0.717, 1.165) is 58.0 Å². The number of piperidine rings is 1. The summed E-state index contributed by atoms with van der Waals surface area (Å²) < 4.78 is 2.01. The molecule has 1 aromatic carbocycles. The first kappa shape index (κ1) is 21.6. The van der Waals surface area contributed by atoms with Crippen molar-refractivity contribution in [1.82, 2.24) is 25.2 Å². The van der Waals surface area contributed by atoms with Gasteiger partial charge in [0.25, 0.3) is 5.91 Å². The van der Waals surface area contributed by atoms with Gasteiger partial charge in [0, 0.05) is 50.5 Å². The molecule has 178 valence electrons. The van der Waals surface area contributed by atoms with E-state index in [1.54, 1.807) is 0 Å². The Kier molecular flexibility index (Phi) is 5.37. The normalized spacial score (nSPS) is 17.5. The third-order valence-corrected chi connectivity index (χ3v) is 7.23. The standard InChI is InChI=1S/C27H29N7O/c1-28-17-4-3-12-34(16-17)18-5-8-24(30-14-18)32-23-7-6-19(22-15-31-27(35)25(22)23)20-9-11-29-26-21(20)10-13-33(26)2/h5-11,13-14,17,28H,3-4,12,15-16H2,1-2H3,(H,30,32)(H,31,35)/t17-/m1/s1. The molecule has 0 unspecified atom stereocenters. The van der Waals surface area contributed by atoms with Gasteiger partial charge in [-0.15, -0.1) is 0 Å². The summed E-state index contributed by atoms with van der Waals surface area (Å²) >= 11 is 0. The van der Waals surface area contributed by atoms with E-state index in [2.05, 4.69) is 49.0 Å². The van der Waals surface area contributed by atoms with Crippen LogP contribution in [0.3, 0.4) is 0 Å². The number of carbonyl (C=O) groups excluding carboxylic acids is 1. The van der Waals surface area contributed by atoms with Crippen LogP contribution in [0.4, 0.5) is 17.2 Å². The number of likely N-dealkylation sites (N-methyl/N-ethyl adjacent to an activating group) is 1. The van der Waals surface area contributed by atoms with E-state index in [1.807, 2.05) is 55.5 Å². The first-order valence-corrected chi connectivity index (χ1v) is 12.1. The number of anilines is 3. The molecule has 3 aromatic heterocycles. The quantitative estimate of drug-likeness (QED) is 0.414. The molecule has 8 nitrogen and oxygen atoms in total. The van der Waals surface area contributed by atoms with Gasteiger partial charge in [0.1, 0.15) is 11.5 Å². The molecule has 1 fully saturated rings. The van der Waals surface area contributed by atoms with Crippen LogP contribution in [0.5, 0.6) is 0 Å². The SMILES string of the molecule is CN[C@@H]1CCCN(c2ccc(Nc3ccc(-c4ccnc5c4ccn5C)c4c3C(=O)NC4)nc2)C1. The molecule has 0 radical (unpaired) electrons. The van der Waals surface area contributed by atoms with E-state index >= 15 is 0 Å². The summed E-state index contributed by atoms with van der Waals surface area (Å²) in [4.78, 5) is 24.4. The van der Waals surface area contributed by atoms with Crippen LogP contribution in [0.15, 0.2) is 55.0 Å². The number of pyridine rings is 2. The zero-order valence-electron chi connectivity index (χ0n) is 20.0. The summed E-state index contributed by atoms with van der Waals surface area (Å²) in [7, 11) is 4.01. The van der Waals surface area contributed by atoms with Crippen LogP contribution in [0.25, 0.3) is 22.2 Å². The van der Waals surface area contributed by atoms with Crippen LogP contribution in [-0.4, -0.2) is 46.6 Å². The maximum absolute atomic E-state index is 12.8. The number of amides is 1. The third-order valence-electron chi connectivity index (χ3n) is 7.23. The smallest absolute Gasteiger partial charge is 0.254 e. The van der Waals surface area contributed by atoms with Crippen molar-refractivity contribution in [3.63, 3.8) is 0 Å². The van der Waals surface area contributed by atoms with Crippen molar-refractivity contribution in [3.05, 3.63) is 66.1 Å². The first-order valence-electron chi connectivity index (χ1n) is 12.1. The average Bonchev–Trinajstić information content (AvgIpc) is 3.48. The van der Waals surface area contributed by atoms with Crippen LogP contribution >= 0.6 is 0 Å². The first-order chi connectivity index (χ1) is 17.1. The molecule has 0 aliphatic carbocycles. The van der Waals surface area contributed by atoms with Crippen molar-refractivity contribution < 1.29 is 4.79 Å². The maximum Gasteiger partial charge on any atom is 0.254 e. The lowest BCUT2D eigenvalue weighted by Gasteiger charge is -2.34. The summed E-state index contributed by atoms with van der Waals surface area (Å²) in [6, 6.07) is 12.8. The highest BCUT2D eigenvalue weighted by Crippen LogP contribution is 2.37. The molecule has 8 heteroatoms. The molecule has 1 saturated heterocycles. The fraction of sp³-hybridized carbons (Fsp3) is 0.296. The van der Waals surface area contributed by atoms with Gasteiger partial charge in [0.05, 0.1) is 23.1 Å². The minimum absolute atomic E-state index is 0.0641. The number of rotatable bonds is 5. The van der Waals surface area contributed by atoms with Crippen LogP contribution in [0, 0.1) is 0 Å². The highest BCUT2D eigenvalue weighted by atomic mass is 16.1. The molecular formula is C27H29N7O. The summed E-state index contributed by atoms with van der Waals surface area (Å²) in [5, 5.41) is 10.9. The van der Waals surface area contributed by atoms with Crippen molar-refractivity contribution in [3.8, 4) is 11.1 Å². The van der Waals surface area contributed by atoms with Crippen molar-refractivity contribution in [1.29, 1.82) is 0 Å². The van der Waals surface area contributed by atoms with E-state index in [4.69, 9.17) is 0 Å². The van der Waals surface area contributed by atoms with Gasteiger partial charge in [-0.3, -0.25) is 4.79 Å². The summed E-state index contributed by atoms with van der Waals surface area (Å²) in [6.07, 6.45) is 8.13. The van der Waals surface area contributed by atoms with Gasteiger partial charge in [-0.05, 0) is 66.9 Å². The lowest BCUT2D eigenvalue weighted by Crippen LogP contribution is -2.44. The van der Waals surface area contributed by atoms with E-state index in [9.17, 15) is 4.79 Å². The Morgan fingerprint density at radius 3 is 2.83 bits per heavy atom. The molecule has 0 bridgehead atoms. The summed E-state index contributed by atoms with van der Waals surface area (Å²) in [6.45, 7) is 2.54. The van der Waals surface area contributed by atoms with Gasteiger partial charge >= 0.3 is 0 Å². The zero-order chi connectivity index (χ0) is 23.9. The highest BCUT2D eigenvalue weighted by Gasteiger charge is 2.27. The predicted molar refractivity (Wildman–Crippen MR) is 139 cm³/mol. The maximum atomic E-state index is 12.8. The molecule has 6 rings (SSSR count). The second kappa shape index (κ2) is 8.70. The Morgan fingerprint density at radius 1 is 1.09 bits per heavy atom. The van der Waals surface area contributed by atoms with Gasteiger partial charge in [-0.1, -0.05) is 6.07 Å². The molecule has 0 spiro atoms. The Morgan fingerprint density at radius 2 is 2.00 bits per heavy atom. The van der Waals surface area contributed by atoms with Crippen molar-refractivity contribution >= 4 is 34.1 Å². The number of aromatic nitrogens is 3. The number of fused-ring (bicyclic) bond motifs is 2. The summed E-state index contributed by atoms with van der Waals surface area (Å²) in [5.41, 5.74) is 6.63. The molecule has 3 N–H and O–H groups in total. The number of benzene rings is 1. The van der Waals surface area contributed by atoms with Crippen LogP contribution in [0.2, 0.25) is 0 Å². The van der Waals surface area contributed by atoms with Crippen LogP contribution in [0.1, 0.15) is 28.8 Å². The minimum Gasteiger partial charge on any atom is -0.369 e. The van der Waals surface area contributed by atoms with Gasteiger partial charge in [-0.2, -0.15) is 0 Å². The molecule has 0 saturated carbocycles. The number of hydrogen-bond acceptors (Lipinski definition) is 6. The van der Waals surface area contributed by atoms with Crippen molar-refractivity contribution in [2.45, 2.75) is 25.4 Å². The van der Waals surface area contributed by atoms with Gasteiger partial charge < -0.3 is 25.4 Å². The Hall–Kier alpha value is -3.91. The minimum atomic E-state index is -0.0641. The number of hydrogen-bond donors (Lipinski definition) is 3. The predicted octanol–water partition coefficient (Wildman–Crippen LogP) is 3.81. The molecule has 5 heterocycles. The number of aryl methyl sites for hydroxylation is 1. The van der Waals surface area contributed by atoms with Gasteiger partial charge in [-0.25, -0.2) is 9.97 Å². The number of nitrogens with zero attached hydrogens (tertiary/aromatic N) is 4. The second-order valence-corrected chi connectivity index (χ2v) is 9.32. The Labute approximate surface area is 204 Å². The highest BCUT2D eigenvalue weighted by molar-refractivity contribution is 6.07. The van der Waals surface area contributed by atoms with Crippen molar-refractivity contribution in [2.24, 2.45) is 7.05 Å². The van der Waals surface area contributed by atoms with Crippen molar-refractivity contribution in [2.75, 3.05) is 30.4 Å². The molecule has 4 aromatic rings. The largest absolute Gasteiger partial charge is 0.369 e. The number of nitrogens with one attached hydrogen (secondary N) is 3. The molecule has 35 heavy (non-hydrogen) atoms. The fourth-order valence-electron chi connectivity index (χ4n) is 5.34. The third kappa shape index (κ3) is 3.80. The topological polar surface area (TPSA) is 87.1 Å². The monoisotopic (exact) mass is 467 g/mol. The van der Waals surface area contributed by atoms with Gasteiger partial charge in [0.2, 0.25) is 0 Å². The molecule has 2 aliphatic heterocycles. The number of carbonyl (C=O) groups is 1. The van der Waals surface area contributed by atoms with E-state index < -0.39 is 0 Å². The van der Waals surface area contributed by atoms with E-state index in [1.165, 1.54) is 12.8 Å². The Bertz CT molecular complexity index is 1410. The second-order valence-electron chi connectivity index (χ2n) is 9.32. The van der Waals surface area contributed by atoms with E-state index in [0.29, 0.717) is 18.2 Å². The van der Waals surface area contributed by atoms with Crippen LogP contribution in [-0.2, 0) is 13.6 Å². The lowest BCUT2D eigenvalue weighted by molar-refractivity contribution is 0.0966. The van der Waals surface area contributed by atoms with E-state index in [-0.39, 0.29) is 5.91 Å². The fourth-order valence-corrected chi connectivity index (χ4v) is 5.34. The molecule has 2 aliphatic rings. The Balaban J connectivity index is 1.31. The van der Waals surface area contributed by atoms with Gasteiger partial charge in [0.15, 0.2) is 0 Å².